The Labute approximate surface area is 79.2 Å². The molecule has 13 heavy (non-hydrogen) atoms. The van der Waals surface area contributed by atoms with Gasteiger partial charge in [0.1, 0.15) is 0 Å². The number of fused-ring (bicyclic) bond motifs is 1. The minimum Gasteiger partial charge on any atom is -0.358 e. The Hall–Kier alpha value is -1.24. The third kappa shape index (κ3) is 0.998. The second-order valence-electron chi connectivity index (χ2n) is 3.69. The van der Waals surface area contributed by atoms with E-state index in [0.717, 1.165) is 0 Å². The molecule has 0 fully saturated rings. The molecule has 0 spiro atoms. The third-order valence-electron chi connectivity index (χ3n) is 2.87. The number of nitrogens with one attached hydrogen (secondary N) is 1. The molecule has 0 bridgehead atoms. The molecule has 1 N–H and O–H groups in total. The summed E-state index contributed by atoms with van der Waals surface area (Å²) in [6.07, 6.45) is 2.19. The molecule has 0 saturated heterocycles. The van der Waals surface area contributed by atoms with Crippen molar-refractivity contribution in [2.75, 3.05) is 0 Å². The number of aromatic amines is 1. The number of hydrogen-bond donors (Lipinski definition) is 1. The highest BCUT2D eigenvalue weighted by molar-refractivity contribution is 5.98. The quantitative estimate of drug-likeness (QED) is 0.617. The summed E-state index contributed by atoms with van der Waals surface area (Å²) in [6, 6.07) is 2.23. The second-order valence-corrected chi connectivity index (χ2v) is 3.69. The largest absolute Gasteiger partial charge is 0.358 e. The van der Waals surface area contributed by atoms with Gasteiger partial charge in [-0.25, -0.2) is 0 Å². The lowest BCUT2D eigenvalue weighted by molar-refractivity contribution is 1.23. The normalized spacial score (nSPS) is 18.6. The van der Waals surface area contributed by atoms with Crippen LogP contribution in [0.4, 0.5) is 0 Å². The summed E-state index contributed by atoms with van der Waals surface area (Å²) in [5.74, 6) is 0. The molecule has 1 aromatic heterocycles. The zero-order valence-electron chi connectivity index (χ0n) is 8.65. The van der Waals surface area contributed by atoms with Crippen molar-refractivity contribution in [3.05, 3.63) is 34.7 Å². The molecule has 1 heteroatoms. The molecule has 68 valence electrons. The maximum atomic E-state index is 3.40. The minimum absolute atomic E-state index is 1.25. The van der Waals surface area contributed by atoms with Crippen LogP contribution < -0.4 is 0 Å². The van der Waals surface area contributed by atoms with Crippen molar-refractivity contribution in [2.45, 2.75) is 27.7 Å². The van der Waals surface area contributed by atoms with Crippen LogP contribution in [-0.2, 0) is 0 Å². The Morgan fingerprint density at radius 1 is 1.15 bits per heavy atom. The van der Waals surface area contributed by atoms with Crippen molar-refractivity contribution in [2.24, 2.45) is 0 Å². The summed E-state index contributed by atoms with van der Waals surface area (Å²) in [5, 5.41) is 0. The highest BCUT2D eigenvalue weighted by atomic mass is 14.7. The number of allylic oxidation sites excluding steroid dienone is 4. The van der Waals surface area contributed by atoms with Crippen LogP contribution in [0.3, 0.4) is 0 Å². The first kappa shape index (κ1) is 8.36. The van der Waals surface area contributed by atoms with E-state index in [1.807, 2.05) is 0 Å². The van der Waals surface area contributed by atoms with Crippen LogP contribution in [-0.4, -0.2) is 4.98 Å². The molecule has 0 saturated carbocycles. The Kier molecular flexibility index (Phi) is 1.69. The predicted octanol–water partition coefficient (Wildman–Crippen LogP) is 3.53. The number of aryl methyl sites for hydroxylation is 1. The van der Waals surface area contributed by atoms with Crippen LogP contribution in [0.2, 0.25) is 0 Å². The van der Waals surface area contributed by atoms with E-state index in [-0.39, 0.29) is 0 Å². The fourth-order valence-corrected chi connectivity index (χ4v) is 2.06. The lowest BCUT2D eigenvalue weighted by Gasteiger charge is -1.98. The van der Waals surface area contributed by atoms with Crippen LogP contribution in [0.25, 0.3) is 11.1 Å². The van der Waals surface area contributed by atoms with Crippen LogP contribution in [0.15, 0.2) is 17.7 Å². The van der Waals surface area contributed by atoms with Crippen molar-refractivity contribution in [3.8, 4) is 0 Å². The van der Waals surface area contributed by atoms with Crippen molar-refractivity contribution >= 4 is 11.1 Å². The minimum atomic E-state index is 1.25. The fraction of sp³-hybridized carbons (Fsp3) is 0.333. The van der Waals surface area contributed by atoms with E-state index in [1.54, 1.807) is 0 Å². The van der Waals surface area contributed by atoms with E-state index in [9.17, 15) is 0 Å². The molecular formula is C12H15N. The highest BCUT2D eigenvalue weighted by Crippen LogP contribution is 2.40. The first-order valence-electron chi connectivity index (χ1n) is 4.69. The van der Waals surface area contributed by atoms with Crippen molar-refractivity contribution in [1.82, 2.24) is 4.98 Å². The SMILES string of the molecule is CC=C1C(C)=C(C)c2[nH]c(C)cc21. The van der Waals surface area contributed by atoms with Gasteiger partial charge in [0.25, 0.3) is 0 Å². The predicted molar refractivity (Wildman–Crippen MR) is 57.4 cm³/mol. The van der Waals surface area contributed by atoms with Crippen molar-refractivity contribution in [1.29, 1.82) is 0 Å². The number of rotatable bonds is 0. The zero-order chi connectivity index (χ0) is 9.59. The summed E-state index contributed by atoms with van der Waals surface area (Å²) in [7, 11) is 0. The lowest BCUT2D eigenvalue weighted by Crippen LogP contribution is -1.78. The molecule has 1 aliphatic rings. The summed E-state index contributed by atoms with van der Waals surface area (Å²) in [5.41, 5.74) is 8.10. The molecule has 2 rings (SSSR count). The average molecular weight is 173 g/mol. The smallest absolute Gasteiger partial charge is 0.0494 e. The molecule has 0 atom stereocenters. The molecule has 0 unspecified atom stereocenters. The van der Waals surface area contributed by atoms with Crippen LogP contribution in [0.1, 0.15) is 37.7 Å². The van der Waals surface area contributed by atoms with Crippen molar-refractivity contribution < 1.29 is 0 Å². The second kappa shape index (κ2) is 2.63. The molecule has 1 nitrogen and oxygen atoms in total. The van der Waals surface area contributed by atoms with Gasteiger partial charge in [-0.3, -0.25) is 0 Å². The topological polar surface area (TPSA) is 15.8 Å². The maximum absolute atomic E-state index is 3.40. The van der Waals surface area contributed by atoms with Crippen LogP contribution >= 0.6 is 0 Å². The van der Waals surface area contributed by atoms with E-state index in [2.05, 4.69) is 44.8 Å². The van der Waals surface area contributed by atoms with E-state index in [1.165, 1.54) is 33.7 Å². The van der Waals surface area contributed by atoms with Crippen LogP contribution in [0, 0.1) is 6.92 Å². The Morgan fingerprint density at radius 2 is 1.85 bits per heavy atom. The Morgan fingerprint density at radius 3 is 2.46 bits per heavy atom. The fourth-order valence-electron chi connectivity index (χ4n) is 2.06. The Bertz CT molecular complexity index is 416. The molecule has 1 aliphatic carbocycles. The molecule has 1 heterocycles. The molecule has 0 aromatic carbocycles. The third-order valence-corrected chi connectivity index (χ3v) is 2.87. The first-order valence-corrected chi connectivity index (χ1v) is 4.69. The molecule has 0 aliphatic heterocycles. The zero-order valence-corrected chi connectivity index (χ0v) is 8.65. The van der Waals surface area contributed by atoms with E-state index in [4.69, 9.17) is 0 Å². The first-order chi connectivity index (χ1) is 6.15. The summed E-state index contributed by atoms with van der Waals surface area (Å²) < 4.78 is 0. The molecule has 1 aromatic rings. The van der Waals surface area contributed by atoms with Gasteiger partial charge in [0, 0.05) is 17.0 Å². The van der Waals surface area contributed by atoms with Crippen LogP contribution in [0.5, 0.6) is 0 Å². The molecular weight excluding hydrogens is 158 g/mol. The van der Waals surface area contributed by atoms with Gasteiger partial charge in [-0.1, -0.05) is 6.08 Å². The van der Waals surface area contributed by atoms with Gasteiger partial charge in [0.15, 0.2) is 0 Å². The standard InChI is InChI=1S/C12H15N/c1-5-10-8(3)9(4)12-11(10)6-7(2)13-12/h5-6,13H,1-4H3. The van der Waals surface area contributed by atoms with Gasteiger partial charge in [0.05, 0.1) is 0 Å². The van der Waals surface area contributed by atoms with Gasteiger partial charge in [-0.05, 0) is 50.5 Å². The summed E-state index contributed by atoms with van der Waals surface area (Å²) in [4.78, 5) is 3.40. The van der Waals surface area contributed by atoms with E-state index < -0.39 is 0 Å². The summed E-state index contributed by atoms with van der Waals surface area (Å²) >= 11 is 0. The van der Waals surface area contributed by atoms with Gasteiger partial charge in [0.2, 0.25) is 0 Å². The monoisotopic (exact) mass is 173 g/mol. The van der Waals surface area contributed by atoms with E-state index in [0.29, 0.717) is 0 Å². The molecule has 0 radical (unpaired) electrons. The maximum Gasteiger partial charge on any atom is 0.0494 e. The number of aromatic nitrogens is 1. The average Bonchev–Trinajstić information content (AvgIpc) is 2.54. The van der Waals surface area contributed by atoms with Gasteiger partial charge in [-0.15, -0.1) is 0 Å². The number of H-pyrrole nitrogens is 1. The molecule has 0 amide bonds. The Balaban J connectivity index is 2.71. The van der Waals surface area contributed by atoms with Gasteiger partial charge < -0.3 is 4.98 Å². The highest BCUT2D eigenvalue weighted by Gasteiger charge is 2.21. The number of hydrogen-bond acceptors (Lipinski definition) is 0. The summed E-state index contributed by atoms with van der Waals surface area (Å²) in [6.45, 7) is 8.58. The van der Waals surface area contributed by atoms with Gasteiger partial charge in [-0.2, -0.15) is 0 Å². The van der Waals surface area contributed by atoms with Crippen molar-refractivity contribution in [3.63, 3.8) is 0 Å². The van der Waals surface area contributed by atoms with E-state index >= 15 is 0 Å². The van der Waals surface area contributed by atoms with Gasteiger partial charge >= 0.3 is 0 Å². The lowest BCUT2D eigenvalue weighted by atomic mass is 10.1.